The molecule has 0 saturated heterocycles. The van der Waals surface area contributed by atoms with Gasteiger partial charge < -0.3 is 19.2 Å². The number of hydrogen-bond acceptors (Lipinski definition) is 5. The van der Waals surface area contributed by atoms with Crippen molar-refractivity contribution < 1.29 is 23.5 Å². The second-order valence-electron chi connectivity index (χ2n) is 8.44. The Kier molecular flexibility index (Phi) is 9.85. The van der Waals surface area contributed by atoms with Gasteiger partial charge in [0.1, 0.15) is 0 Å². The highest BCUT2D eigenvalue weighted by Crippen LogP contribution is 2.38. The monoisotopic (exact) mass is 433 g/mol. The topological polar surface area (TPSA) is 73.9 Å². The number of nitrogens with one attached hydrogen (secondary N) is 1. The molecule has 0 spiro atoms. The first-order valence-corrected chi connectivity index (χ1v) is 13.0. The van der Waals surface area contributed by atoms with Gasteiger partial charge in [-0.3, -0.25) is 4.79 Å². The summed E-state index contributed by atoms with van der Waals surface area (Å²) in [6.07, 6.45) is 4.46. The smallest absolute Gasteiger partial charge is 0.372 e. The summed E-state index contributed by atoms with van der Waals surface area (Å²) < 4.78 is 16.0. The molecule has 0 atom stereocenters. The summed E-state index contributed by atoms with van der Waals surface area (Å²) in [6.45, 7) is 11.0. The highest BCUT2D eigenvalue weighted by Gasteiger charge is 2.40. The maximum absolute atomic E-state index is 12.9. The summed E-state index contributed by atoms with van der Waals surface area (Å²) in [5.41, 5.74) is 1.02. The summed E-state index contributed by atoms with van der Waals surface area (Å²) >= 11 is 0. The van der Waals surface area contributed by atoms with E-state index in [1.165, 1.54) is 14.2 Å². The molecule has 0 aliphatic heterocycles. The first-order valence-electron chi connectivity index (χ1n) is 10.1. The van der Waals surface area contributed by atoms with Crippen molar-refractivity contribution in [3.63, 3.8) is 0 Å². The number of hydrogen-bond donors (Lipinski definition) is 1. The minimum atomic E-state index is -2.19. The zero-order valence-corrected chi connectivity index (χ0v) is 20.2. The molecule has 1 aromatic rings. The Balaban J connectivity index is 2.93. The molecule has 7 heteroatoms. The fraction of sp³-hybridized carbons (Fsp3) is 0.478. The second kappa shape index (κ2) is 11.6. The number of rotatable bonds is 10. The van der Waals surface area contributed by atoms with Gasteiger partial charge in [0.05, 0.1) is 14.2 Å². The van der Waals surface area contributed by atoms with Crippen molar-refractivity contribution in [3.8, 4) is 0 Å². The molecule has 30 heavy (non-hydrogen) atoms. The molecule has 1 N–H and O–H groups in total. The second-order valence-corrected chi connectivity index (χ2v) is 13.2. The largest absolute Gasteiger partial charge is 0.540 e. The summed E-state index contributed by atoms with van der Waals surface area (Å²) in [6, 6.07) is 9.73. The van der Waals surface area contributed by atoms with Crippen molar-refractivity contribution in [3.05, 3.63) is 59.6 Å². The van der Waals surface area contributed by atoms with Crippen LogP contribution in [0, 0.1) is 0 Å². The number of carbonyl (C=O) groups excluding carboxylic acids is 2. The van der Waals surface area contributed by atoms with E-state index < -0.39 is 14.3 Å². The van der Waals surface area contributed by atoms with E-state index in [1.54, 1.807) is 12.2 Å². The average Bonchev–Trinajstić information content (AvgIpc) is 2.70. The van der Waals surface area contributed by atoms with Crippen molar-refractivity contribution in [2.45, 2.75) is 58.3 Å². The van der Waals surface area contributed by atoms with E-state index in [4.69, 9.17) is 9.16 Å². The summed E-state index contributed by atoms with van der Waals surface area (Å²) in [4.78, 5) is 24.4. The lowest BCUT2D eigenvalue weighted by Gasteiger charge is -2.37. The molecular weight excluding hydrogens is 398 g/mol. The Labute approximate surface area is 181 Å². The molecule has 0 heterocycles. The summed E-state index contributed by atoms with van der Waals surface area (Å²) in [5.74, 6) is -0.304. The standard InChI is InChI=1S/C23H35NO5Si/c1-23(2,3)30(6,7)29-19(15-11-12-16-20(27-4)22(26)28-5)21(25)24-17-18-13-9-8-10-14-18/h8-10,13-16H,11-12,17H2,1-7H3,(H,24,25)/b19-15-,20-16-. The van der Waals surface area contributed by atoms with Crippen molar-refractivity contribution in [1.29, 1.82) is 0 Å². The van der Waals surface area contributed by atoms with Crippen LogP contribution in [0.1, 0.15) is 39.2 Å². The third-order valence-corrected chi connectivity index (χ3v) is 9.47. The number of esters is 1. The third-order valence-electron chi connectivity index (χ3n) is 5.12. The zero-order valence-electron chi connectivity index (χ0n) is 19.2. The quantitative estimate of drug-likeness (QED) is 0.190. The zero-order chi connectivity index (χ0) is 22.8. The minimum absolute atomic E-state index is 0.0419. The molecule has 0 aliphatic carbocycles. The van der Waals surface area contributed by atoms with Crippen LogP contribution in [-0.2, 0) is 30.0 Å². The highest BCUT2D eigenvalue weighted by atomic mass is 28.4. The predicted molar refractivity (Wildman–Crippen MR) is 121 cm³/mol. The van der Waals surface area contributed by atoms with E-state index in [2.05, 4.69) is 43.9 Å². The van der Waals surface area contributed by atoms with Crippen LogP contribution in [0.2, 0.25) is 18.1 Å². The molecule has 0 radical (unpaired) electrons. The lowest BCUT2D eigenvalue weighted by atomic mass is 10.2. The average molecular weight is 434 g/mol. The van der Waals surface area contributed by atoms with E-state index >= 15 is 0 Å². The Hall–Kier alpha value is -2.54. The number of unbranched alkanes of at least 4 members (excludes halogenated alkanes) is 1. The fourth-order valence-corrected chi connectivity index (χ4v) is 3.29. The molecule has 0 aliphatic rings. The number of carbonyl (C=O) groups is 2. The van der Waals surface area contributed by atoms with Crippen LogP contribution in [0.4, 0.5) is 0 Å². The Morgan fingerprint density at radius 2 is 1.53 bits per heavy atom. The van der Waals surface area contributed by atoms with Gasteiger partial charge in [0.2, 0.25) is 0 Å². The van der Waals surface area contributed by atoms with Gasteiger partial charge in [-0.2, -0.15) is 0 Å². The van der Waals surface area contributed by atoms with Crippen LogP contribution in [0.5, 0.6) is 0 Å². The highest BCUT2D eigenvalue weighted by molar-refractivity contribution is 6.74. The molecule has 0 aromatic heterocycles. The molecule has 1 rings (SSSR count). The predicted octanol–water partition coefficient (Wildman–Crippen LogP) is 4.69. The van der Waals surface area contributed by atoms with Crippen molar-refractivity contribution >= 4 is 20.2 Å². The van der Waals surface area contributed by atoms with Gasteiger partial charge in [-0.15, -0.1) is 0 Å². The van der Waals surface area contributed by atoms with Crippen LogP contribution >= 0.6 is 0 Å². The molecule has 166 valence electrons. The summed E-state index contributed by atoms with van der Waals surface area (Å²) in [5, 5.41) is 2.90. The van der Waals surface area contributed by atoms with Gasteiger partial charge >= 0.3 is 5.97 Å². The number of ether oxygens (including phenoxy) is 2. The Morgan fingerprint density at radius 3 is 2.03 bits per heavy atom. The Morgan fingerprint density at radius 1 is 0.967 bits per heavy atom. The van der Waals surface area contributed by atoms with E-state index in [0.29, 0.717) is 25.1 Å². The maximum atomic E-state index is 12.9. The van der Waals surface area contributed by atoms with Crippen LogP contribution in [-0.4, -0.2) is 34.4 Å². The van der Waals surface area contributed by atoms with Gasteiger partial charge in [-0.1, -0.05) is 51.1 Å². The van der Waals surface area contributed by atoms with Gasteiger partial charge in [0.25, 0.3) is 14.2 Å². The van der Waals surface area contributed by atoms with Gasteiger partial charge in [0, 0.05) is 6.54 Å². The van der Waals surface area contributed by atoms with Crippen LogP contribution in [0.3, 0.4) is 0 Å². The van der Waals surface area contributed by atoms with E-state index in [0.717, 1.165) is 5.56 Å². The lowest BCUT2D eigenvalue weighted by molar-refractivity contribution is -0.139. The minimum Gasteiger partial charge on any atom is -0.540 e. The first kappa shape index (κ1) is 25.5. The van der Waals surface area contributed by atoms with E-state index in [9.17, 15) is 9.59 Å². The number of benzene rings is 1. The number of allylic oxidation sites excluding steroid dienone is 2. The van der Waals surface area contributed by atoms with Gasteiger partial charge in [0.15, 0.2) is 11.5 Å². The SMILES string of the molecule is COC(=O)/C(=C/CC/C=C(\O[Si](C)(C)C(C)(C)C)C(=O)NCc1ccccc1)OC. The fourth-order valence-electron chi connectivity index (χ4n) is 2.25. The first-order chi connectivity index (χ1) is 14.0. The maximum Gasteiger partial charge on any atom is 0.372 e. The summed E-state index contributed by atoms with van der Waals surface area (Å²) in [7, 11) is 0.526. The van der Waals surface area contributed by atoms with Crippen LogP contribution in [0.15, 0.2) is 54.0 Å². The molecule has 0 bridgehead atoms. The van der Waals surface area contributed by atoms with Crippen LogP contribution < -0.4 is 5.32 Å². The van der Waals surface area contributed by atoms with E-state index in [-0.39, 0.29) is 16.7 Å². The van der Waals surface area contributed by atoms with Crippen LogP contribution in [0.25, 0.3) is 0 Å². The molecular formula is C23H35NO5Si. The normalized spacial score (nSPS) is 12.9. The van der Waals surface area contributed by atoms with Crippen molar-refractivity contribution in [2.24, 2.45) is 0 Å². The van der Waals surface area contributed by atoms with Gasteiger partial charge in [-0.25, -0.2) is 4.79 Å². The molecule has 0 fully saturated rings. The molecule has 1 aromatic carbocycles. The van der Waals surface area contributed by atoms with Crippen molar-refractivity contribution in [1.82, 2.24) is 5.32 Å². The molecule has 0 unspecified atom stereocenters. The van der Waals surface area contributed by atoms with Crippen molar-refractivity contribution in [2.75, 3.05) is 14.2 Å². The number of methoxy groups -OCH3 is 2. The van der Waals surface area contributed by atoms with E-state index in [1.807, 2.05) is 30.3 Å². The Bertz CT molecular complexity index is 764. The number of amides is 1. The third kappa shape index (κ3) is 8.06. The molecule has 0 saturated carbocycles. The van der Waals surface area contributed by atoms with Gasteiger partial charge in [-0.05, 0) is 48.7 Å². The molecule has 6 nitrogen and oxygen atoms in total. The molecule has 1 amide bonds. The lowest BCUT2D eigenvalue weighted by Crippen LogP contribution is -2.42.